The van der Waals surface area contributed by atoms with E-state index >= 15 is 0 Å². The van der Waals surface area contributed by atoms with Crippen LogP contribution in [0.15, 0.2) is 67.0 Å². The molecule has 1 aromatic heterocycles. The van der Waals surface area contributed by atoms with Crippen LogP contribution in [-0.4, -0.2) is 16.9 Å². The lowest BCUT2D eigenvalue weighted by molar-refractivity contribution is 0.415. The van der Waals surface area contributed by atoms with Crippen LogP contribution < -0.4 is 4.74 Å². The van der Waals surface area contributed by atoms with E-state index in [0.717, 1.165) is 22.6 Å². The molecule has 21 heavy (non-hydrogen) atoms. The van der Waals surface area contributed by atoms with Gasteiger partial charge in [-0.3, -0.25) is 0 Å². The van der Waals surface area contributed by atoms with Gasteiger partial charge in [0.2, 0.25) is 0 Å². The van der Waals surface area contributed by atoms with Gasteiger partial charge >= 0.3 is 0 Å². The first-order chi connectivity index (χ1) is 10.4. The third kappa shape index (κ3) is 3.03. The molecule has 3 heteroatoms. The molecule has 3 nitrogen and oxygen atoms in total. The number of hydrogen-bond acceptors (Lipinski definition) is 2. The molecular formula is C18H16N2O. The van der Waals surface area contributed by atoms with E-state index in [1.165, 1.54) is 0 Å². The number of aromatic nitrogens is 2. The first-order valence-corrected chi connectivity index (χ1v) is 6.78. The predicted octanol–water partition coefficient (Wildman–Crippen LogP) is 4.05. The van der Waals surface area contributed by atoms with Crippen molar-refractivity contribution in [2.24, 2.45) is 0 Å². The van der Waals surface area contributed by atoms with Crippen LogP contribution in [0.1, 0.15) is 11.1 Å². The van der Waals surface area contributed by atoms with Crippen molar-refractivity contribution in [1.29, 1.82) is 0 Å². The van der Waals surface area contributed by atoms with E-state index in [1.807, 2.05) is 53.3 Å². The van der Waals surface area contributed by atoms with Gasteiger partial charge in [0.15, 0.2) is 0 Å². The monoisotopic (exact) mass is 276 g/mol. The Morgan fingerprint density at radius 2 is 1.76 bits per heavy atom. The molecule has 0 saturated carbocycles. The Bertz CT molecular complexity index is 728. The molecule has 2 aromatic carbocycles. The van der Waals surface area contributed by atoms with Gasteiger partial charge in [-0.15, -0.1) is 0 Å². The van der Waals surface area contributed by atoms with Crippen molar-refractivity contribution in [2.75, 3.05) is 7.11 Å². The van der Waals surface area contributed by atoms with Crippen molar-refractivity contribution in [1.82, 2.24) is 9.78 Å². The average molecular weight is 276 g/mol. The summed E-state index contributed by atoms with van der Waals surface area (Å²) in [5, 5.41) is 4.29. The molecule has 0 amide bonds. The van der Waals surface area contributed by atoms with Crippen LogP contribution in [0, 0.1) is 0 Å². The minimum Gasteiger partial charge on any atom is -0.497 e. The van der Waals surface area contributed by atoms with Crippen LogP contribution in [0.5, 0.6) is 5.75 Å². The Balaban J connectivity index is 1.89. The molecule has 0 unspecified atom stereocenters. The maximum Gasteiger partial charge on any atom is 0.118 e. The second-order valence-electron chi connectivity index (χ2n) is 4.62. The Kier molecular flexibility index (Phi) is 3.83. The molecule has 0 radical (unpaired) electrons. The highest BCUT2D eigenvalue weighted by molar-refractivity contribution is 5.73. The van der Waals surface area contributed by atoms with Crippen LogP contribution in [0.2, 0.25) is 0 Å². The average Bonchev–Trinajstić information content (AvgIpc) is 3.08. The zero-order valence-electron chi connectivity index (χ0n) is 11.8. The summed E-state index contributed by atoms with van der Waals surface area (Å²) in [5.74, 6) is 0.865. The maximum absolute atomic E-state index is 5.16. The molecule has 0 saturated heterocycles. The zero-order chi connectivity index (χ0) is 14.5. The molecule has 3 rings (SSSR count). The van der Waals surface area contributed by atoms with Gasteiger partial charge in [0.25, 0.3) is 0 Å². The van der Waals surface area contributed by atoms with Crippen LogP contribution in [-0.2, 0) is 0 Å². The fraction of sp³-hybridized carbons (Fsp3) is 0.0556. The van der Waals surface area contributed by atoms with Crippen LogP contribution in [0.3, 0.4) is 0 Å². The second kappa shape index (κ2) is 6.09. The standard InChI is InChI=1S/C18H16N2O/c1-21-17-11-8-15(9-12-17)7-10-16-5-2-3-6-18(16)20-14-4-13-19-20/h2-14H,1H3/b10-7+. The van der Waals surface area contributed by atoms with Crippen molar-refractivity contribution in [3.05, 3.63) is 78.1 Å². The zero-order valence-corrected chi connectivity index (χ0v) is 11.8. The molecule has 0 aliphatic rings. The second-order valence-corrected chi connectivity index (χ2v) is 4.62. The third-order valence-electron chi connectivity index (χ3n) is 3.26. The largest absolute Gasteiger partial charge is 0.497 e. The summed E-state index contributed by atoms with van der Waals surface area (Å²) in [6.45, 7) is 0. The molecule has 3 aromatic rings. The van der Waals surface area contributed by atoms with E-state index in [-0.39, 0.29) is 0 Å². The summed E-state index contributed by atoms with van der Waals surface area (Å²) < 4.78 is 7.03. The lowest BCUT2D eigenvalue weighted by atomic mass is 10.1. The topological polar surface area (TPSA) is 27.1 Å². The highest BCUT2D eigenvalue weighted by Gasteiger charge is 2.00. The van der Waals surface area contributed by atoms with Crippen molar-refractivity contribution in [2.45, 2.75) is 0 Å². The Hall–Kier alpha value is -2.81. The minimum absolute atomic E-state index is 0.865. The number of rotatable bonds is 4. The number of para-hydroxylation sites is 1. The van der Waals surface area contributed by atoms with E-state index < -0.39 is 0 Å². The fourth-order valence-corrected chi connectivity index (χ4v) is 2.15. The van der Waals surface area contributed by atoms with Gasteiger partial charge in [-0.2, -0.15) is 5.10 Å². The highest BCUT2D eigenvalue weighted by atomic mass is 16.5. The van der Waals surface area contributed by atoms with Gasteiger partial charge < -0.3 is 4.74 Å². The SMILES string of the molecule is COc1ccc(/C=C/c2ccccc2-n2cccn2)cc1. The van der Waals surface area contributed by atoms with E-state index in [2.05, 4.69) is 29.4 Å². The fourth-order valence-electron chi connectivity index (χ4n) is 2.15. The predicted molar refractivity (Wildman–Crippen MR) is 85.5 cm³/mol. The van der Waals surface area contributed by atoms with Gasteiger partial charge in [-0.05, 0) is 29.8 Å². The third-order valence-corrected chi connectivity index (χ3v) is 3.26. The summed E-state index contributed by atoms with van der Waals surface area (Å²) in [4.78, 5) is 0. The maximum atomic E-state index is 5.16. The van der Waals surface area contributed by atoms with Crippen LogP contribution >= 0.6 is 0 Å². The van der Waals surface area contributed by atoms with Crippen LogP contribution in [0.4, 0.5) is 0 Å². The number of nitrogens with zero attached hydrogens (tertiary/aromatic N) is 2. The number of methoxy groups -OCH3 is 1. The number of hydrogen-bond donors (Lipinski definition) is 0. The first kappa shape index (κ1) is 13.2. The van der Waals surface area contributed by atoms with E-state index in [9.17, 15) is 0 Å². The molecule has 0 aliphatic heterocycles. The molecule has 1 heterocycles. The molecular weight excluding hydrogens is 260 g/mol. The van der Waals surface area contributed by atoms with E-state index in [0.29, 0.717) is 0 Å². The number of benzene rings is 2. The minimum atomic E-state index is 0.865. The van der Waals surface area contributed by atoms with Crippen molar-refractivity contribution in [3.8, 4) is 11.4 Å². The summed E-state index contributed by atoms with van der Waals surface area (Å²) in [6.07, 6.45) is 7.91. The quantitative estimate of drug-likeness (QED) is 0.672. The summed E-state index contributed by atoms with van der Waals surface area (Å²) in [5.41, 5.74) is 3.32. The van der Waals surface area contributed by atoms with Crippen LogP contribution in [0.25, 0.3) is 17.8 Å². The lowest BCUT2D eigenvalue weighted by Crippen LogP contribution is -1.96. The highest BCUT2D eigenvalue weighted by Crippen LogP contribution is 2.18. The van der Waals surface area contributed by atoms with Crippen molar-refractivity contribution in [3.63, 3.8) is 0 Å². The molecule has 104 valence electrons. The summed E-state index contributed by atoms with van der Waals surface area (Å²) >= 11 is 0. The Morgan fingerprint density at radius 1 is 0.952 bits per heavy atom. The normalized spacial score (nSPS) is 10.9. The van der Waals surface area contributed by atoms with Gasteiger partial charge in [0, 0.05) is 18.0 Å². The van der Waals surface area contributed by atoms with Gasteiger partial charge in [-0.1, -0.05) is 42.5 Å². The summed E-state index contributed by atoms with van der Waals surface area (Å²) in [7, 11) is 1.67. The van der Waals surface area contributed by atoms with Gasteiger partial charge in [0.1, 0.15) is 5.75 Å². The molecule has 0 aliphatic carbocycles. The molecule has 0 bridgehead atoms. The van der Waals surface area contributed by atoms with E-state index in [4.69, 9.17) is 4.74 Å². The molecule has 0 N–H and O–H groups in total. The molecule has 0 spiro atoms. The first-order valence-electron chi connectivity index (χ1n) is 6.78. The van der Waals surface area contributed by atoms with Gasteiger partial charge in [0.05, 0.1) is 12.8 Å². The van der Waals surface area contributed by atoms with Crippen molar-refractivity contribution >= 4 is 12.2 Å². The summed E-state index contributed by atoms with van der Waals surface area (Å²) in [6, 6.07) is 18.1. The van der Waals surface area contributed by atoms with Crippen molar-refractivity contribution < 1.29 is 4.74 Å². The smallest absolute Gasteiger partial charge is 0.118 e. The Morgan fingerprint density at radius 3 is 2.48 bits per heavy atom. The van der Waals surface area contributed by atoms with Gasteiger partial charge in [-0.25, -0.2) is 4.68 Å². The molecule has 0 atom stereocenters. The number of ether oxygens (including phenoxy) is 1. The Labute approximate surface area is 124 Å². The molecule has 0 fully saturated rings. The van der Waals surface area contributed by atoms with E-state index in [1.54, 1.807) is 13.3 Å². The lowest BCUT2D eigenvalue weighted by Gasteiger charge is -2.05.